The third-order valence-corrected chi connectivity index (χ3v) is 3.02. The zero-order chi connectivity index (χ0) is 12.9. The van der Waals surface area contributed by atoms with Crippen LogP contribution in [0.1, 0.15) is 11.1 Å². The number of rotatable bonds is 6. The molecule has 0 aromatic heterocycles. The Morgan fingerprint density at radius 1 is 1.22 bits per heavy atom. The minimum atomic E-state index is -3.37. The van der Waals surface area contributed by atoms with Crippen molar-refractivity contribution in [1.29, 1.82) is 0 Å². The van der Waals surface area contributed by atoms with Crippen LogP contribution in [0.2, 0.25) is 0 Å². The molecule has 0 aliphatic rings. The predicted molar refractivity (Wildman–Crippen MR) is 77.2 cm³/mol. The van der Waals surface area contributed by atoms with E-state index in [2.05, 4.69) is 37.7 Å². The van der Waals surface area contributed by atoms with Gasteiger partial charge in [-0.15, -0.1) is 13.2 Å². The molecule has 1 aromatic carbocycles. The van der Waals surface area contributed by atoms with Crippen LogP contribution in [0, 0.1) is 0 Å². The molecule has 0 amide bonds. The summed E-state index contributed by atoms with van der Waals surface area (Å²) in [5.74, 6) is -2.89. The molecular formula is C12H13O2PS2Zn. The Labute approximate surface area is 131 Å². The van der Waals surface area contributed by atoms with Gasteiger partial charge in [0.2, 0.25) is 0 Å². The van der Waals surface area contributed by atoms with Crippen LogP contribution in [0.3, 0.4) is 0 Å². The van der Waals surface area contributed by atoms with Gasteiger partial charge in [0.05, 0.1) is 0 Å². The van der Waals surface area contributed by atoms with Crippen molar-refractivity contribution in [3.05, 3.63) is 54.6 Å². The third-order valence-electron chi connectivity index (χ3n) is 2.15. The summed E-state index contributed by atoms with van der Waals surface area (Å²) < 4.78 is 16.5. The molecule has 6 heteroatoms. The van der Waals surface area contributed by atoms with E-state index in [-0.39, 0.29) is 19.5 Å². The normalized spacial score (nSPS) is 10.3. The van der Waals surface area contributed by atoms with Crippen molar-refractivity contribution in [3.8, 4) is 5.75 Å². The van der Waals surface area contributed by atoms with Crippen LogP contribution in [0.5, 0.6) is 5.75 Å². The van der Waals surface area contributed by atoms with Gasteiger partial charge in [0.25, 0.3) is 0 Å². The van der Waals surface area contributed by atoms with E-state index in [9.17, 15) is 4.57 Å². The van der Waals surface area contributed by atoms with Crippen LogP contribution in [-0.4, -0.2) is 0 Å². The summed E-state index contributed by atoms with van der Waals surface area (Å²) in [7, 11) is 0. The Morgan fingerprint density at radius 2 is 1.83 bits per heavy atom. The van der Waals surface area contributed by atoms with Crippen molar-refractivity contribution in [2.45, 2.75) is 12.8 Å². The molecule has 1 rings (SSSR count). The second-order valence-electron chi connectivity index (χ2n) is 3.42. The molecule has 0 radical (unpaired) electrons. The Bertz CT molecular complexity index is 471. The quantitative estimate of drug-likeness (QED) is 0.338. The fraction of sp³-hybridized carbons (Fsp3) is 0.167. The first-order chi connectivity index (χ1) is 7.98. The summed E-state index contributed by atoms with van der Waals surface area (Å²) >= 11 is 9.24. The van der Waals surface area contributed by atoms with E-state index in [0.29, 0.717) is 18.6 Å². The van der Waals surface area contributed by atoms with Gasteiger partial charge in [-0.3, -0.25) is 0 Å². The van der Waals surface area contributed by atoms with Gasteiger partial charge in [-0.1, -0.05) is 24.3 Å². The monoisotopic (exact) mass is 348 g/mol. The zero-order valence-electron chi connectivity index (χ0n) is 10.0. The maximum atomic E-state index is 11.4. The Morgan fingerprint density at radius 3 is 2.33 bits per heavy atom. The van der Waals surface area contributed by atoms with E-state index in [4.69, 9.17) is 4.52 Å². The summed E-state index contributed by atoms with van der Waals surface area (Å²) in [5, 5.41) is 0. The van der Waals surface area contributed by atoms with E-state index in [1.807, 2.05) is 12.1 Å². The smallest absolute Gasteiger partial charge is 0.702 e. The molecule has 1 aromatic rings. The fourth-order valence-corrected chi connectivity index (χ4v) is 2.43. The summed E-state index contributed by atoms with van der Waals surface area (Å²) in [6.07, 6.45) is 4.88. The molecule has 0 saturated carbocycles. The van der Waals surface area contributed by atoms with Gasteiger partial charge in [0.1, 0.15) is 5.75 Å². The van der Waals surface area contributed by atoms with Gasteiger partial charge in [-0.25, -0.2) is 0 Å². The molecule has 0 spiro atoms. The first-order valence-corrected chi connectivity index (χ1v) is 8.67. The predicted octanol–water partition coefficient (Wildman–Crippen LogP) is 3.72. The standard InChI is InChI=1S/C12H15O2PS2.Zn/c1-3-6-10-8-5-9-12(11(10)7-4-2)14-15(13,16)17;/h3-5,8-9H,1-2,6-7H2,(H2,13,16,17);/q;+2/p-2. The molecule has 0 aliphatic heterocycles. The zero-order valence-corrected chi connectivity index (χ0v) is 15.5. The Balaban J connectivity index is 0.00000289. The minimum Gasteiger partial charge on any atom is -0.702 e. The van der Waals surface area contributed by atoms with Crippen LogP contribution < -0.4 is 4.52 Å². The van der Waals surface area contributed by atoms with E-state index in [1.165, 1.54) is 0 Å². The molecule has 0 N–H and O–H groups in total. The van der Waals surface area contributed by atoms with Gasteiger partial charge < -0.3 is 33.6 Å². The molecule has 18 heavy (non-hydrogen) atoms. The average Bonchev–Trinajstić information content (AvgIpc) is 2.21. The van der Waals surface area contributed by atoms with Crippen molar-refractivity contribution in [1.82, 2.24) is 0 Å². The Kier molecular flexibility index (Phi) is 8.29. The van der Waals surface area contributed by atoms with E-state index in [1.54, 1.807) is 18.2 Å². The molecule has 92 valence electrons. The van der Waals surface area contributed by atoms with Gasteiger partial charge in [0.15, 0.2) is 0 Å². The second kappa shape index (κ2) is 8.27. The minimum absolute atomic E-state index is 0. The molecule has 0 atom stereocenters. The molecule has 0 aliphatic carbocycles. The molecule has 0 bridgehead atoms. The number of allylic oxidation sites excluding steroid dienone is 2. The molecule has 0 fully saturated rings. The topological polar surface area (TPSA) is 26.3 Å². The van der Waals surface area contributed by atoms with E-state index >= 15 is 0 Å². The Hall–Kier alpha value is 0.0534. The summed E-state index contributed by atoms with van der Waals surface area (Å²) in [4.78, 5) is 0. The van der Waals surface area contributed by atoms with Gasteiger partial charge in [-0.2, -0.15) is 0 Å². The van der Waals surface area contributed by atoms with Crippen LogP contribution >= 0.6 is 5.77 Å². The summed E-state index contributed by atoms with van der Waals surface area (Å²) in [6.45, 7) is 7.39. The summed E-state index contributed by atoms with van der Waals surface area (Å²) in [6, 6.07) is 5.50. The maximum Gasteiger partial charge on any atom is 2.00 e. The van der Waals surface area contributed by atoms with Crippen molar-refractivity contribution < 1.29 is 28.6 Å². The third kappa shape index (κ3) is 5.80. The summed E-state index contributed by atoms with van der Waals surface area (Å²) in [5.41, 5.74) is 1.97. The number of benzene rings is 1. The van der Waals surface area contributed by atoms with Gasteiger partial charge >= 0.3 is 19.5 Å². The van der Waals surface area contributed by atoms with E-state index < -0.39 is 5.77 Å². The van der Waals surface area contributed by atoms with Crippen LogP contribution in [0.25, 0.3) is 0 Å². The number of hydrogen-bond acceptors (Lipinski definition) is 4. The molecule has 0 heterocycles. The molecule has 0 saturated heterocycles. The van der Waals surface area contributed by atoms with Crippen molar-refractivity contribution in [3.63, 3.8) is 0 Å². The first kappa shape index (κ1) is 18.1. The largest absolute Gasteiger partial charge is 2.00 e. The van der Waals surface area contributed by atoms with E-state index in [0.717, 1.165) is 11.1 Å². The fourth-order valence-electron chi connectivity index (χ4n) is 1.54. The van der Waals surface area contributed by atoms with Gasteiger partial charge in [-0.05, 0) is 30.2 Å². The average molecular weight is 350 g/mol. The second-order valence-corrected chi connectivity index (χ2v) is 8.07. The van der Waals surface area contributed by atoms with Crippen molar-refractivity contribution in [2.24, 2.45) is 0 Å². The van der Waals surface area contributed by atoms with Crippen molar-refractivity contribution in [2.75, 3.05) is 0 Å². The van der Waals surface area contributed by atoms with Crippen molar-refractivity contribution >= 4 is 30.3 Å². The van der Waals surface area contributed by atoms with Crippen LogP contribution in [0.15, 0.2) is 43.5 Å². The molecular weight excluding hydrogens is 337 g/mol. The number of hydrogen-bond donors (Lipinski definition) is 0. The van der Waals surface area contributed by atoms with Crippen LogP contribution in [-0.2, 0) is 61.4 Å². The van der Waals surface area contributed by atoms with Crippen LogP contribution in [0.4, 0.5) is 0 Å². The SMILES string of the molecule is C=CCc1cccc(OP(=O)([S-])[S-])c1CC=C.[Zn+2]. The first-order valence-electron chi connectivity index (χ1n) is 5.02. The maximum absolute atomic E-state index is 11.4. The van der Waals surface area contributed by atoms with Gasteiger partial charge in [0, 0.05) is 5.56 Å². The molecule has 0 unspecified atom stereocenters. The molecule has 2 nitrogen and oxygen atoms in total.